The SMILES string of the molecule is C[C@H]1NC(=O)[C@H](C)N(Cc2ccc(F)cc2)C1=O. The molecule has 96 valence electrons. The average molecular weight is 250 g/mol. The molecule has 1 fully saturated rings. The Hall–Kier alpha value is -1.91. The minimum absolute atomic E-state index is 0.119. The molecule has 2 amide bonds. The van der Waals surface area contributed by atoms with Crippen molar-refractivity contribution in [3.8, 4) is 0 Å². The molecule has 1 aromatic carbocycles. The summed E-state index contributed by atoms with van der Waals surface area (Å²) in [5.41, 5.74) is 0.804. The standard InChI is InChI=1S/C13H15FN2O2/c1-8-13(18)16(9(2)12(17)15-8)7-10-3-5-11(14)6-4-10/h3-6,8-9H,7H2,1-2H3,(H,15,17)/t8-,9+/m1/s1. The Labute approximate surface area is 105 Å². The number of hydrogen-bond acceptors (Lipinski definition) is 2. The molecule has 1 aliphatic heterocycles. The first-order chi connectivity index (χ1) is 8.49. The molecular weight excluding hydrogens is 235 g/mol. The summed E-state index contributed by atoms with van der Waals surface area (Å²) in [6.45, 7) is 3.66. The summed E-state index contributed by atoms with van der Waals surface area (Å²) < 4.78 is 12.8. The number of hydrogen-bond donors (Lipinski definition) is 1. The molecule has 2 rings (SSSR count). The van der Waals surface area contributed by atoms with Gasteiger partial charge in [-0.25, -0.2) is 4.39 Å². The van der Waals surface area contributed by atoms with Crippen molar-refractivity contribution < 1.29 is 14.0 Å². The summed E-state index contributed by atoms with van der Waals surface area (Å²) in [4.78, 5) is 25.1. The number of benzene rings is 1. The van der Waals surface area contributed by atoms with Crippen LogP contribution in [0.2, 0.25) is 0 Å². The van der Waals surface area contributed by atoms with Crippen LogP contribution in [0.4, 0.5) is 4.39 Å². The molecule has 1 heterocycles. The third-order valence-electron chi connectivity index (χ3n) is 3.13. The highest BCUT2D eigenvalue weighted by molar-refractivity contribution is 5.96. The Balaban J connectivity index is 2.17. The first-order valence-electron chi connectivity index (χ1n) is 5.84. The van der Waals surface area contributed by atoms with Gasteiger partial charge in [0.1, 0.15) is 17.9 Å². The molecule has 18 heavy (non-hydrogen) atoms. The molecule has 0 radical (unpaired) electrons. The maximum absolute atomic E-state index is 12.8. The first-order valence-corrected chi connectivity index (χ1v) is 5.84. The zero-order chi connectivity index (χ0) is 13.3. The van der Waals surface area contributed by atoms with Crippen LogP contribution >= 0.6 is 0 Å². The predicted molar refractivity (Wildman–Crippen MR) is 64.0 cm³/mol. The van der Waals surface area contributed by atoms with E-state index in [2.05, 4.69) is 5.32 Å². The van der Waals surface area contributed by atoms with Crippen LogP contribution in [0, 0.1) is 5.82 Å². The van der Waals surface area contributed by atoms with Gasteiger partial charge in [0.2, 0.25) is 11.8 Å². The zero-order valence-electron chi connectivity index (χ0n) is 10.3. The van der Waals surface area contributed by atoms with Crippen molar-refractivity contribution in [2.45, 2.75) is 32.5 Å². The van der Waals surface area contributed by atoms with E-state index in [9.17, 15) is 14.0 Å². The number of piperazine rings is 1. The molecule has 1 aromatic rings. The maximum Gasteiger partial charge on any atom is 0.245 e. The predicted octanol–water partition coefficient (Wildman–Crippen LogP) is 1.06. The molecule has 0 saturated carbocycles. The van der Waals surface area contributed by atoms with Gasteiger partial charge in [-0.3, -0.25) is 9.59 Å². The zero-order valence-corrected chi connectivity index (χ0v) is 10.3. The van der Waals surface area contributed by atoms with Gasteiger partial charge in [-0.1, -0.05) is 12.1 Å². The van der Waals surface area contributed by atoms with Crippen LogP contribution in [-0.2, 0) is 16.1 Å². The van der Waals surface area contributed by atoms with Gasteiger partial charge in [-0.05, 0) is 31.5 Å². The van der Waals surface area contributed by atoms with E-state index in [1.54, 1.807) is 26.0 Å². The van der Waals surface area contributed by atoms with Crippen LogP contribution in [0.5, 0.6) is 0 Å². The van der Waals surface area contributed by atoms with E-state index >= 15 is 0 Å². The second-order valence-electron chi connectivity index (χ2n) is 4.50. The third-order valence-corrected chi connectivity index (χ3v) is 3.13. The van der Waals surface area contributed by atoms with Crippen molar-refractivity contribution in [1.29, 1.82) is 0 Å². The van der Waals surface area contributed by atoms with Gasteiger partial charge < -0.3 is 10.2 Å². The quantitative estimate of drug-likeness (QED) is 0.853. The van der Waals surface area contributed by atoms with Gasteiger partial charge in [0, 0.05) is 6.54 Å². The fraction of sp³-hybridized carbons (Fsp3) is 0.385. The Bertz CT molecular complexity index is 472. The number of halogens is 1. The summed E-state index contributed by atoms with van der Waals surface area (Å²) in [6, 6.07) is 4.92. The lowest BCUT2D eigenvalue weighted by atomic mass is 10.1. The van der Waals surface area contributed by atoms with Gasteiger partial charge in [0.25, 0.3) is 0 Å². The highest BCUT2D eigenvalue weighted by atomic mass is 19.1. The fourth-order valence-electron chi connectivity index (χ4n) is 1.98. The monoisotopic (exact) mass is 250 g/mol. The average Bonchev–Trinajstić information content (AvgIpc) is 2.34. The van der Waals surface area contributed by atoms with Crippen molar-refractivity contribution in [2.24, 2.45) is 0 Å². The molecule has 0 unspecified atom stereocenters. The number of carbonyl (C=O) groups excluding carboxylic acids is 2. The lowest BCUT2D eigenvalue weighted by molar-refractivity contribution is -0.148. The molecule has 0 aromatic heterocycles. The summed E-state index contributed by atoms with van der Waals surface area (Å²) in [5.74, 6) is -0.599. The van der Waals surface area contributed by atoms with Crippen molar-refractivity contribution >= 4 is 11.8 Å². The van der Waals surface area contributed by atoms with Crippen LogP contribution in [0.15, 0.2) is 24.3 Å². The smallest absolute Gasteiger partial charge is 0.245 e. The fourth-order valence-corrected chi connectivity index (χ4v) is 1.98. The molecule has 5 heteroatoms. The maximum atomic E-state index is 12.8. The molecule has 1 N–H and O–H groups in total. The van der Waals surface area contributed by atoms with Gasteiger partial charge >= 0.3 is 0 Å². The number of rotatable bonds is 2. The topological polar surface area (TPSA) is 49.4 Å². The normalized spacial score (nSPS) is 24.1. The van der Waals surface area contributed by atoms with E-state index in [1.807, 2.05) is 0 Å². The molecule has 0 aliphatic carbocycles. The van der Waals surface area contributed by atoms with E-state index in [0.29, 0.717) is 6.54 Å². The van der Waals surface area contributed by atoms with Crippen molar-refractivity contribution in [3.05, 3.63) is 35.6 Å². The second kappa shape index (κ2) is 4.76. The summed E-state index contributed by atoms with van der Waals surface area (Å²) in [7, 11) is 0. The Morgan fingerprint density at radius 3 is 2.44 bits per heavy atom. The van der Waals surface area contributed by atoms with Gasteiger partial charge in [-0.2, -0.15) is 0 Å². The molecule has 0 bridgehead atoms. The van der Waals surface area contributed by atoms with E-state index in [4.69, 9.17) is 0 Å². The van der Waals surface area contributed by atoms with E-state index in [1.165, 1.54) is 17.0 Å². The van der Waals surface area contributed by atoms with Crippen LogP contribution in [0.3, 0.4) is 0 Å². The van der Waals surface area contributed by atoms with Gasteiger partial charge in [-0.15, -0.1) is 0 Å². The van der Waals surface area contributed by atoms with Crippen LogP contribution in [0.25, 0.3) is 0 Å². The third kappa shape index (κ3) is 2.34. The molecular formula is C13H15FN2O2. The van der Waals surface area contributed by atoms with Crippen molar-refractivity contribution in [2.75, 3.05) is 0 Å². The van der Waals surface area contributed by atoms with Crippen molar-refractivity contribution in [3.63, 3.8) is 0 Å². The minimum Gasteiger partial charge on any atom is -0.343 e. The van der Waals surface area contributed by atoms with Crippen LogP contribution in [-0.4, -0.2) is 28.8 Å². The van der Waals surface area contributed by atoms with Gasteiger partial charge in [0.15, 0.2) is 0 Å². The van der Waals surface area contributed by atoms with Gasteiger partial charge in [0.05, 0.1) is 0 Å². The Morgan fingerprint density at radius 1 is 1.22 bits per heavy atom. The highest BCUT2D eigenvalue weighted by Crippen LogP contribution is 2.14. The molecule has 1 aliphatic rings. The lowest BCUT2D eigenvalue weighted by Gasteiger charge is -2.36. The molecule has 2 atom stereocenters. The number of carbonyl (C=O) groups is 2. The first kappa shape index (κ1) is 12.5. The van der Waals surface area contributed by atoms with Crippen molar-refractivity contribution in [1.82, 2.24) is 10.2 Å². The van der Waals surface area contributed by atoms with E-state index < -0.39 is 12.1 Å². The summed E-state index contributed by atoms with van der Waals surface area (Å²) in [6.07, 6.45) is 0. The highest BCUT2D eigenvalue weighted by Gasteiger charge is 2.35. The van der Waals surface area contributed by atoms with Crippen LogP contribution in [0.1, 0.15) is 19.4 Å². The minimum atomic E-state index is -0.505. The van der Waals surface area contributed by atoms with E-state index in [-0.39, 0.29) is 17.6 Å². The second-order valence-corrected chi connectivity index (χ2v) is 4.50. The molecule has 4 nitrogen and oxygen atoms in total. The van der Waals surface area contributed by atoms with E-state index in [0.717, 1.165) is 5.56 Å². The number of nitrogens with one attached hydrogen (secondary N) is 1. The summed E-state index contributed by atoms with van der Waals surface area (Å²) in [5, 5.41) is 2.61. The Morgan fingerprint density at radius 2 is 1.83 bits per heavy atom. The molecule has 0 spiro atoms. The van der Waals surface area contributed by atoms with Crippen LogP contribution < -0.4 is 5.32 Å². The molecule has 1 saturated heterocycles. The summed E-state index contributed by atoms with van der Waals surface area (Å²) >= 11 is 0. The number of nitrogens with zero attached hydrogens (tertiary/aromatic N) is 1. The Kier molecular flexibility index (Phi) is 3.32. The number of amides is 2. The lowest BCUT2D eigenvalue weighted by Crippen LogP contribution is -2.60. The largest absolute Gasteiger partial charge is 0.343 e.